The number of rotatable bonds is 1. The lowest BCUT2D eigenvalue weighted by atomic mass is 9.44. The Kier molecular flexibility index (Phi) is 3.57. The first-order valence-electron chi connectivity index (χ1n) is 11.9. The van der Waals surface area contributed by atoms with E-state index >= 15 is 0 Å². The number of epoxide rings is 1. The number of ether oxygens (including phenoxy) is 3. The highest BCUT2D eigenvalue weighted by Crippen LogP contribution is 2.79. The Hall–Kier alpha value is -2.24. The van der Waals surface area contributed by atoms with Gasteiger partial charge in [-0.05, 0) is 38.8 Å². The summed E-state index contributed by atoms with van der Waals surface area (Å²) in [7, 11) is 0. The van der Waals surface area contributed by atoms with Crippen molar-refractivity contribution in [1.29, 1.82) is 0 Å². The van der Waals surface area contributed by atoms with Crippen LogP contribution in [-0.4, -0.2) is 79.0 Å². The molecule has 7 rings (SSSR count). The van der Waals surface area contributed by atoms with Crippen LogP contribution in [0.1, 0.15) is 45.6 Å². The van der Waals surface area contributed by atoms with Gasteiger partial charge in [-0.25, -0.2) is 4.79 Å². The van der Waals surface area contributed by atoms with E-state index in [9.17, 15) is 30.0 Å². The quantitative estimate of drug-likeness (QED) is 0.311. The SMILES string of the molecule is CC12OC(=O)C(O)C1(O)C1(C)C(=CC2=O)OC2C1C(C)(O)C13OC1CC(c1ccoc1)C3(C)C2O. The van der Waals surface area contributed by atoms with Crippen LogP contribution in [0.25, 0.3) is 0 Å². The van der Waals surface area contributed by atoms with E-state index in [2.05, 4.69) is 0 Å². The summed E-state index contributed by atoms with van der Waals surface area (Å²) in [6.45, 7) is 6.24. The minimum atomic E-state index is -2.46. The molecule has 35 heavy (non-hydrogen) atoms. The second kappa shape index (κ2) is 5.68. The monoisotopic (exact) mass is 488 g/mol. The summed E-state index contributed by atoms with van der Waals surface area (Å²) in [6.07, 6.45) is 0.143. The Bertz CT molecular complexity index is 1220. The second-order valence-electron chi connectivity index (χ2n) is 11.8. The molecule has 3 aliphatic heterocycles. The van der Waals surface area contributed by atoms with Gasteiger partial charge in [0.2, 0.25) is 11.4 Å². The maximum absolute atomic E-state index is 13.1. The topological polar surface area (TPSA) is 159 Å². The number of furan rings is 1. The molecule has 3 aliphatic carbocycles. The minimum Gasteiger partial charge on any atom is -0.491 e. The molecule has 12 unspecified atom stereocenters. The molecule has 6 aliphatic rings. The van der Waals surface area contributed by atoms with Crippen molar-refractivity contribution in [2.24, 2.45) is 16.7 Å². The first-order chi connectivity index (χ1) is 16.2. The lowest BCUT2D eigenvalue weighted by Gasteiger charge is -2.60. The third-order valence-electron chi connectivity index (χ3n) is 10.8. The highest BCUT2D eigenvalue weighted by atomic mass is 16.6. The summed E-state index contributed by atoms with van der Waals surface area (Å²) in [5, 5.41) is 47.3. The molecule has 1 aromatic rings. The molecule has 1 spiro atoms. The van der Waals surface area contributed by atoms with Crippen molar-refractivity contribution in [2.75, 3.05) is 0 Å². The molecule has 2 saturated carbocycles. The van der Waals surface area contributed by atoms with Crippen molar-refractivity contribution in [3.8, 4) is 0 Å². The molecule has 10 heteroatoms. The molecule has 188 valence electrons. The van der Waals surface area contributed by atoms with Gasteiger partial charge in [0, 0.05) is 23.3 Å². The molecule has 5 fully saturated rings. The molecule has 3 saturated heterocycles. The maximum Gasteiger partial charge on any atom is 0.339 e. The van der Waals surface area contributed by atoms with Crippen molar-refractivity contribution in [1.82, 2.24) is 0 Å². The maximum atomic E-state index is 13.1. The summed E-state index contributed by atoms with van der Waals surface area (Å²) in [5.74, 6) is -3.16. The van der Waals surface area contributed by atoms with Crippen LogP contribution in [0.3, 0.4) is 0 Å². The van der Waals surface area contributed by atoms with Gasteiger partial charge < -0.3 is 39.1 Å². The van der Waals surface area contributed by atoms with E-state index in [0.717, 1.165) is 11.6 Å². The van der Waals surface area contributed by atoms with Crippen LogP contribution in [-0.2, 0) is 23.8 Å². The van der Waals surface area contributed by atoms with E-state index in [1.807, 2.05) is 13.0 Å². The third kappa shape index (κ3) is 1.81. The fourth-order valence-electron chi connectivity index (χ4n) is 9.14. The zero-order valence-electron chi connectivity index (χ0n) is 19.7. The summed E-state index contributed by atoms with van der Waals surface area (Å²) >= 11 is 0. The van der Waals surface area contributed by atoms with E-state index < -0.39 is 69.2 Å². The van der Waals surface area contributed by atoms with Gasteiger partial charge >= 0.3 is 5.97 Å². The Balaban J connectivity index is 1.45. The lowest BCUT2D eigenvalue weighted by molar-refractivity contribution is -0.266. The molecule has 10 nitrogen and oxygen atoms in total. The fraction of sp³-hybridized carbons (Fsp3) is 0.680. The Morgan fingerprint density at radius 1 is 1.09 bits per heavy atom. The first kappa shape index (κ1) is 22.0. The van der Waals surface area contributed by atoms with Gasteiger partial charge in [0.25, 0.3) is 0 Å². The van der Waals surface area contributed by atoms with Crippen LogP contribution in [0.4, 0.5) is 0 Å². The van der Waals surface area contributed by atoms with Crippen LogP contribution in [0, 0.1) is 16.7 Å². The molecular weight excluding hydrogens is 460 g/mol. The van der Waals surface area contributed by atoms with Crippen LogP contribution in [0.2, 0.25) is 0 Å². The second-order valence-corrected chi connectivity index (χ2v) is 11.8. The highest BCUT2D eigenvalue weighted by Gasteiger charge is 2.93. The lowest BCUT2D eigenvalue weighted by Crippen LogP contribution is -2.77. The average molecular weight is 488 g/mol. The van der Waals surface area contributed by atoms with Crippen LogP contribution >= 0.6 is 0 Å². The van der Waals surface area contributed by atoms with Gasteiger partial charge in [0.15, 0.2) is 11.7 Å². The van der Waals surface area contributed by atoms with Crippen LogP contribution < -0.4 is 0 Å². The number of aliphatic hydroxyl groups excluding tert-OH is 2. The Morgan fingerprint density at radius 3 is 2.46 bits per heavy atom. The number of carbonyl (C=O) groups is 2. The summed E-state index contributed by atoms with van der Waals surface area (Å²) in [5.41, 5.74) is -9.28. The molecule has 1 aromatic heterocycles. The molecule has 4 N–H and O–H groups in total. The Morgan fingerprint density at radius 2 is 1.80 bits per heavy atom. The van der Waals surface area contributed by atoms with Gasteiger partial charge in [-0.1, -0.05) is 6.92 Å². The van der Waals surface area contributed by atoms with Gasteiger partial charge in [-0.15, -0.1) is 0 Å². The highest BCUT2D eigenvalue weighted by molar-refractivity contribution is 6.04. The number of carbonyl (C=O) groups excluding carboxylic acids is 2. The number of hydrogen-bond donors (Lipinski definition) is 4. The van der Waals surface area contributed by atoms with Crippen molar-refractivity contribution in [3.63, 3.8) is 0 Å². The zero-order valence-corrected chi connectivity index (χ0v) is 19.7. The van der Waals surface area contributed by atoms with Gasteiger partial charge in [0.1, 0.15) is 29.2 Å². The predicted octanol–water partition coefficient (Wildman–Crippen LogP) is -0.0683. The third-order valence-corrected chi connectivity index (χ3v) is 10.8. The summed E-state index contributed by atoms with van der Waals surface area (Å²) < 4.78 is 23.0. The largest absolute Gasteiger partial charge is 0.491 e. The molecule has 0 radical (unpaired) electrons. The van der Waals surface area contributed by atoms with Gasteiger partial charge in [-0.2, -0.15) is 0 Å². The van der Waals surface area contributed by atoms with Crippen molar-refractivity contribution < 1.29 is 48.6 Å². The molecular formula is C25H28O10. The number of fused-ring (bicyclic) bond motifs is 5. The van der Waals surface area contributed by atoms with Crippen LogP contribution in [0.15, 0.2) is 34.8 Å². The van der Waals surface area contributed by atoms with E-state index in [4.69, 9.17) is 18.6 Å². The van der Waals surface area contributed by atoms with E-state index in [1.165, 1.54) is 6.92 Å². The minimum absolute atomic E-state index is 0.00816. The summed E-state index contributed by atoms with van der Waals surface area (Å²) in [4.78, 5) is 25.6. The molecule has 4 heterocycles. The van der Waals surface area contributed by atoms with Gasteiger partial charge in [-0.3, -0.25) is 4.79 Å². The van der Waals surface area contributed by atoms with Crippen molar-refractivity contribution in [2.45, 2.75) is 86.9 Å². The summed E-state index contributed by atoms with van der Waals surface area (Å²) in [6, 6.07) is 1.83. The first-order valence-corrected chi connectivity index (χ1v) is 11.9. The van der Waals surface area contributed by atoms with Crippen molar-refractivity contribution in [3.05, 3.63) is 36.0 Å². The predicted molar refractivity (Wildman–Crippen MR) is 113 cm³/mol. The fourth-order valence-corrected chi connectivity index (χ4v) is 9.14. The number of esters is 1. The van der Waals surface area contributed by atoms with Crippen molar-refractivity contribution >= 4 is 11.8 Å². The van der Waals surface area contributed by atoms with Gasteiger partial charge in [0.05, 0.1) is 24.0 Å². The zero-order chi connectivity index (χ0) is 25.1. The molecule has 0 amide bonds. The molecule has 0 bridgehead atoms. The normalized spacial score (nSPS) is 59.5. The number of aliphatic hydroxyl groups is 4. The van der Waals surface area contributed by atoms with E-state index in [1.54, 1.807) is 26.4 Å². The standard InChI is InChI=1S/C25H28O10/c1-20-11(10-5-6-32-9-10)7-14-25(20,34-14)22(3,30)16-15(17(20)27)33-13-8-12(26)23(4)24(31,21(13,16)2)18(28)19(29)35-23/h5-6,8-9,11,14-18,27-28,30-31H,7H2,1-4H3. The molecule has 12 atom stereocenters. The number of ketones is 1. The smallest absolute Gasteiger partial charge is 0.339 e. The molecule has 0 aromatic carbocycles. The average Bonchev–Trinajstić information content (AvgIpc) is 3.06. The van der Waals surface area contributed by atoms with E-state index in [-0.39, 0.29) is 17.8 Å². The van der Waals surface area contributed by atoms with Crippen LogP contribution in [0.5, 0.6) is 0 Å². The number of hydrogen-bond acceptors (Lipinski definition) is 10. The van der Waals surface area contributed by atoms with E-state index in [0.29, 0.717) is 6.42 Å². The Labute approximate surface area is 200 Å².